The first-order valence-electron chi connectivity index (χ1n) is 8.89. The van der Waals surface area contributed by atoms with Gasteiger partial charge in [0.05, 0.1) is 12.4 Å². The van der Waals surface area contributed by atoms with Crippen LogP contribution in [0.1, 0.15) is 17.5 Å². The molecule has 2 fully saturated rings. The van der Waals surface area contributed by atoms with E-state index in [1.165, 1.54) is 11.1 Å². The molecule has 0 unspecified atom stereocenters. The first-order valence-corrected chi connectivity index (χ1v) is 10.5. The van der Waals surface area contributed by atoms with Crippen LogP contribution in [0.25, 0.3) is 0 Å². The van der Waals surface area contributed by atoms with Crippen molar-refractivity contribution < 1.29 is 13.2 Å². The number of sulfone groups is 1. The summed E-state index contributed by atoms with van der Waals surface area (Å²) in [6, 6.07) is 10.3. The molecule has 0 aliphatic carbocycles. The summed E-state index contributed by atoms with van der Waals surface area (Å²) in [7, 11) is -3.10. The molecule has 4 rings (SSSR count). The quantitative estimate of drug-likeness (QED) is 0.797. The van der Waals surface area contributed by atoms with E-state index in [1.807, 2.05) is 12.1 Å². The Labute approximate surface area is 154 Å². The average molecular weight is 373 g/mol. The minimum absolute atomic E-state index is 0.00979. The average Bonchev–Trinajstić information content (AvgIpc) is 2.87. The number of rotatable bonds is 5. The van der Waals surface area contributed by atoms with E-state index in [4.69, 9.17) is 4.74 Å². The molecule has 2 saturated heterocycles. The van der Waals surface area contributed by atoms with Gasteiger partial charge >= 0.3 is 6.01 Å². The fourth-order valence-electron chi connectivity index (χ4n) is 4.09. The highest BCUT2D eigenvalue weighted by Gasteiger charge is 2.61. The molecule has 0 radical (unpaired) electrons. The number of hydrogen-bond acceptors (Lipinski definition) is 6. The highest BCUT2D eigenvalue weighted by Crippen LogP contribution is 2.45. The van der Waals surface area contributed by atoms with Crippen LogP contribution in [0.15, 0.2) is 42.7 Å². The molecule has 2 aliphatic heterocycles. The first kappa shape index (κ1) is 17.4. The van der Waals surface area contributed by atoms with Crippen molar-refractivity contribution in [1.82, 2.24) is 14.9 Å². The lowest BCUT2D eigenvalue weighted by atomic mass is 9.83. The Hall–Kier alpha value is -1.99. The molecule has 0 amide bonds. The second-order valence-corrected chi connectivity index (χ2v) is 9.73. The van der Waals surface area contributed by atoms with Crippen molar-refractivity contribution in [2.75, 3.05) is 25.4 Å². The molecule has 1 aromatic heterocycles. The van der Waals surface area contributed by atoms with E-state index >= 15 is 0 Å². The number of aryl methyl sites for hydroxylation is 1. The van der Waals surface area contributed by atoms with Crippen molar-refractivity contribution in [3.8, 4) is 6.01 Å². The summed E-state index contributed by atoms with van der Waals surface area (Å²) < 4.78 is 30.5. The van der Waals surface area contributed by atoms with Crippen LogP contribution in [0.5, 0.6) is 6.01 Å². The largest absolute Gasteiger partial charge is 0.463 e. The number of benzene rings is 1. The Bertz CT molecular complexity index is 880. The van der Waals surface area contributed by atoms with Gasteiger partial charge in [-0.05, 0) is 30.5 Å². The molecule has 2 aromatic rings. The summed E-state index contributed by atoms with van der Waals surface area (Å²) in [6.07, 6.45) is 3.89. The lowest BCUT2D eigenvalue weighted by Gasteiger charge is -2.50. The third-order valence-electron chi connectivity index (χ3n) is 5.69. The normalized spacial score (nSPS) is 23.7. The van der Waals surface area contributed by atoms with E-state index < -0.39 is 14.6 Å². The van der Waals surface area contributed by atoms with E-state index in [0.717, 1.165) is 6.54 Å². The zero-order valence-corrected chi connectivity index (χ0v) is 15.7. The van der Waals surface area contributed by atoms with Gasteiger partial charge in [0, 0.05) is 37.9 Å². The fourth-order valence-corrected chi connectivity index (χ4v) is 6.55. The van der Waals surface area contributed by atoms with Crippen LogP contribution < -0.4 is 4.74 Å². The molecule has 0 N–H and O–H groups in total. The van der Waals surface area contributed by atoms with Gasteiger partial charge in [-0.1, -0.05) is 24.3 Å². The van der Waals surface area contributed by atoms with E-state index in [9.17, 15) is 8.42 Å². The van der Waals surface area contributed by atoms with Gasteiger partial charge < -0.3 is 4.74 Å². The maximum absolute atomic E-state index is 12.7. The Morgan fingerprint density at radius 3 is 2.65 bits per heavy atom. The maximum atomic E-state index is 12.7. The van der Waals surface area contributed by atoms with Crippen LogP contribution in [0.3, 0.4) is 0 Å². The van der Waals surface area contributed by atoms with Crippen LogP contribution in [-0.4, -0.2) is 53.5 Å². The predicted octanol–water partition coefficient (Wildman–Crippen LogP) is 1.85. The number of hydrogen-bond donors (Lipinski definition) is 0. The third kappa shape index (κ3) is 2.99. The summed E-state index contributed by atoms with van der Waals surface area (Å²) in [5, 5.41) is 0. The minimum atomic E-state index is -3.10. The zero-order chi connectivity index (χ0) is 18.2. The predicted molar refractivity (Wildman–Crippen MR) is 98.6 cm³/mol. The Kier molecular flexibility index (Phi) is 4.44. The molecular weight excluding hydrogens is 350 g/mol. The van der Waals surface area contributed by atoms with Crippen LogP contribution >= 0.6 is 0 Å². The van der Waals surface area contributed by atoms with Crippen molar-refractivity contribution in [3.63, 3.8) is 0 Å². The van der Waals surface area contributed by atoms with E-state index in [-0.39, 0.29) is 11.7 Å². The number of ether oxygens (including phenoxy) is 1. The van der Waals surface area contributed by atoms with Crippen LogP contribution in [0.2, 0.25) is 0 Å². The Morgan fingerprint density at radius 2 is 1.92 bits per heavy atom. The molecule has 0 bridgehead atoms. The molecule has 26 heavy (non-hydrogen) atoms. The van der Waals surface area contributed by atoms with Gasteiger partial charge in [0.1, 0.15) is 4.75 Å². The molecule has 1 spiro atoms. The summed E-state index contributed by atoms with van der Waals surface area (Å²) in [5.41, 5.74) is 2.49. The molecule has 0 saturated carbocycles. The smallest absolute Gasteiger partial charge is 0.316 e. The van der Waals surface area contributed by atoms with Crippen LogP contribution in [0, 0.1) is 12.8 Å². The second kappa shape index (κ2) is 6.63. The van der Waals surface area contributed by atoms with Crippen molar-refractivity contribution in [2.24, 2.45) is 5.92 Å². The van der Waals surface area contributed by atoms with Gasteiger partial charge in [0.25, 0.3) is 0 Å². The van der Waals surface area contributed by atoms with Crippen molar-refractivity contribution in [3.05, 3.63) is 53.9 Å². The monoisotopic (exact) mass is 373 g/mol. The van der Waals surface area contributed by atoms with Gasteiger partial charge in [-0.15, -0.1) is 0 Å². The topological polar surface area (TPSA) is 72.4 Å². The molecule has 1 aromatic carbocycles. The highest BCUT2D eigenvalue weighted by molar-refractivity contribution is 7.93. The Balaban J connectivity index is 1.44. The zero-order valence-electron chi connectivity index (χ0n) is 14.8. The number of aromatic nitrogens is 2. The van der Waals surface area contributed by atoms with Crippen LogP contribution in [-0.2, 0) is 16.4 Å². The summed E-state index contributed by atoms with van der Waals surface area (Å²) in [6.45, 7) is 4.38. The van der Waals surface area contributed by atoms with Crippen molar-refractivity contribution in [1.29, 1.82) is 0 Å². The van der Waals surface area contributed by atoms with Gasteiger partial charge in [0.2, 0.25) is 0 Å². The van der Waals surface area contributed by atoms with E-state index in [0.29, 0.717) is 32.1 Å². The summed E-state index contributed by atoms with van der Waals surface area (Å²) >= 11 is 0. The molecule has 2 aliphatic rings. The molecule has 138 valence electrons. The lowest BCUT2D eigenvalue weighted by Crippen LogP contribution is -2.67. The highest BCUT2D eigenvalue weighted by atomic mass is 32.2. The molecular formula is C19H23N3O3S. The summed E-state index contributed by atoms with van der Waals surface area (Å²) in [4.78, 5) is 10.3. The van der Waals surface area contributed by atoms with Gasteiger partial charge in [0.15, 0.2) is 9.84 Å². The molecule has 7 heteroatoms. The molecule has 6 nitrogen and oxygen atoms in total. The lowest BCUT2D eigenvalue weighted by molar-refractivity contribution is 0.0571. The Morgan fingerprint density at radius 1 is 1.19 bits per heavy atom. The van der Waals surface area contributed by atoms with Crippen LogP contribution in [0.4, 0.5) is 0 Å². The van der Waals surface area contributed by atoms with Gasteiger partial charge in [-0.2, -0.15) is 0 Å². The molecule has 3 heterocycles. The van der Waals surface area contributed by atoms with Gasteiger partial charge in [-0.3, -0.25) is 4.90 Å². The SMILES string of the molecule is Cc1ccccc1CN1CC2(C1)[C@@H](COc1ncccn1)CCS2(=O)=O. The third-order valence-corrected chi connectivity index (χ3v) is 8.30. The summed E-state index contributed by atoms with van der Waals surface area (Å²) in [5.74, 6) is 0.235. The fraction of sp³-hybridized carbons (Fsp3) is 0.474. The second-order valence-electron chi connectivity index (χ2n) is 7.28. The van der Waals surface area contributed by atoms with Crippen molar-refractivity contribution in [2.45, 2.75) is 24.6 Å². The number of likely N-dealkylation sites (tertiary alicyclic amines) is 1. The first-order chi connectivity index (χ1) is 12.5. The molecule has 1 atom stereocenters. The number of nitrogens with zero attached hydrogens (tertiary/aromatic N) is 3. The maximum Gasteiger partial charge on any atom is 0.316 e. The standard InChI is InChI=1S/C19H23N3O3S/c1-15-5-2-3-6-16(15)11-22-13-19(14-22)17(7-10-26(19,23)24)12-25-18-20-8-4-9-21-18/h2-6,8-9,17H,7,10-14H2,1H3/t17-/m1/s1. The van der Waals surface area contributed by atoms with E-state index in [2.05, 4.69) is 33.9 Å². The van der Waals surface area contributed by atoms with Gasteiger partial charge in [-0.25, -0.2) is 18.4 Å². The van der Waals surface area contributed by atoms with E-state index in [1.54, 1.807) is 18.5 Å². The minimum Gasteiger partial charge on any atom is -0.463 e. The van der Waals surface area contributed by atoms with Crippen molar-refractivity contribution >= 4 is 9.84 Å².